The first-order valence-electron chi connectivity index (χ1n) is 8.74. The third-order valence-electron chi connectivity index (χ3n) is 5.03. The molecule has 1 aromatic carbocycles. The molecule has 25 heavy (non-hydrogen) atoms. The Balaban J connectivity index is 1.96. The van der Waals surface area contributed by atoms with Gasteiger partial charge in [0.15, 0.2) is 0 Å². The fraction of sp³-hybridized carbons (Fsp3) is 0.500. The topological polar surface area (TPSA) is 101 Å². The molecule has 2 unspecified atom stereocenters. The number of rotatable bonds is 3. The lowest BCUT2D eigenvalue weighted by atomic mass is 9.92. The minimum absolute atomic E-state index is 0.0579. The number of aromatic amines is 1. The normalized spacial score (nSPS) is 19.2. The summed E-state index contributed by atoms with van der Waals surface area (Å²) < 4.78 is 1.41. The van der Waals surface area contributed by atoms with Crippen molar-refractivity contribution in [3.05, 3.63) is 44.5 Å². The third-order valence-corrected chi connectivity index (χ3v) is 5.03. The fourth-order valence-electron chi connectivity index (χ4n) is 3.53. The van der Waals surface area contributed by atoms with E-state index >= 15 is 0 Å². The number of nitrogens with one attached hydrogen (secondary N) is 1. The van der Waals surface area contributed by atoms with E-state index in [1.165, 1.54) is 4.57 Å². The molecule has 2 atom stereocenters. The molecule has 7 heteroatoms. The van der Waals surface area contributed by atoms with Crippen molar-refractivity contribution < 1.29 is 4.79 Å². The number of carbonyl (C=O) groups excluding carboxylic acids is 1. The molecule has 1 aromatic heterocycles. The highest BCUT2D eigenvalue weighted by Gasteiger charge is 2.26. The molecule has 3 N–H and O–H groups in total. The first-order valence-corrected chi connectivity index (χ1v) is 8.74. The van der Waals surface area contributed by atoms with Gasteiger partial charge in [-0.15, -0.1) is 0 Å². The van der Waals surface area contributed by atoms with Crippen LogP contribution < -0.4 is 16.9 Å². The summed E-state index contributed by atoms with van der Waals surface area (Å²) in [6.07, 6.45) is 1.98. The van der Waals surface area contributed by atoms with Crippen LogP contribution in [0.2, 0.25) is 0 Å². The molecule has 0 spiro atoms. The van der Waals surface area contributed by atoms with Gasteiger partial charge in [0.25, 0.3) is 5.91 Å². The molecular weight excluding hydrogens is 320 g/mol. The number of likely N-dealkylation sites (tertiary alicyclic amines) is 1. The average Bonchev–Trinajstić information content (AvgIpc) is 2.62. The molecule has 2 heterocycles. The Hall–Kier alpha value is -2.41. The van der Waals surface area contributed by atoms with Gasteiger partial charge in [-0.05, 0) is 50.8 Å². The molecule has 0 radical (unpaired) electrons. The summed E-state index contributed by atoms with van der Waals surface area (Å²) in [7, 11) is 0. The van der Waals surface area contributed by atoms with Crippen molar-refractivity contribution in [2.75, 3.05) is 13.1 Å². The second-order valence-electron chi connectivity index (χ2n) is 6.75. The summed E-state index contributed by atoms with van der Waals surface area (Å²) in [5.41, 5.74) is 6.37. The Labute approximate surface area is 145 Å². The highest BCUT2D eigenvalue weighted by atomic mass is 16.2. The predicted molar refractivity (Wildman–Crippen MR) is 96.8 cm³/mol. The van der Waals surface area contributed by atoms with Crippen LogP contribution in [0.25, 0.3) is 11.0 Å². The lowest BCUT2D eigenvalue weighted by Crippen LogP contribution is -2.45. The molecule has 7 nitrogen and oxygen atoms in total. The lowest BCUT2D eigenvalue weighted by Gasteiger charge is -2.34. The van der Waals surface area contributed by atoms with E-state index in [-0.39, 0.29) is 11.9 Å². The van der Waals surface area contributed by atoms with Gasteiger partial charge in [0.1, 0.15) is 0 Å². The van der Waals surface area contributed by atoms with Crippen molar-refractivity contribution in [1.29, 1.82) is 0 Å². The maximum absolute atomic E-state index is 12.8. The Morgan fingerprint density at radius 3 is 2.84 bits per heavy atom. The smallest absolute Gasteiger partial charge is 0.316 e. The summed E-state index contributed by atoms with van der Waals surface area (Å²) in [5, 5.41) is 0. The number of carbonyl (C=O) groups is 1. The molecule has 3 rings (SSSR count). The molecular formula is C18H24N4O3. The van der Waals surface area contributed by atoms with Crippen molar-refractivity contribution in [2.24, 2.45) is 11.7 Å². The molecule has 2 aromatic rings. The number of benzene rings is 1. The van der Waals surface area contributed by atoms with Crippen molar-refractivity contribution in [2.45, 2.75) is 39.3 Å². The van der Waals surface area contributed by atoms with E-state index in [1.54, 1.807) is 25.1 Å². The number of fused-ring (bicyclic) bond motifs is 1. The summed E-state index contributed by atoms with van der Waals surface area (Å²) in [4.78, 5) is 41.0. The quantitative estimate of drug-likeness (QED) is 0.808. The Kier molecular flexibility index (Phi) is 4.76. The highest BCUT2D eigenvalue weighted by Crippen LogP contribution is 2.21. The number of aryl methyl sites for hydroxylation is 1. The number of H-pyrrole nitrogens is 1. The zero-order valence-electron chi connectivity index (χ0n) is 14.6. The fourth-order valence-corrected chi connectivity index (χ4v) is 3.53. The molecule has 0 aliphatic carbocycles. The van der Waals surface area contributed by atoms with Gasteiger partial charge in [0, 0.05) is 31.2 Å². The van der Waals surface area contributed by atoms with Gasteiger partial charge in [0.05, 0.1) is 11.0 Å². The highest BCUT2D eigenvalue weighted by molar-refractivity contribution is 5.97. The summed E-state index contributed by atoms with van der Waals surface area (Å²) >= 11 is 0. The second kappa shape index (κ2) is 6.84. The zero-order chi connectivity index (χ0) is 18.1. The number of nitrogens with two attached hydrogens (primary N) is 1. The first kappa shape index (κ1) is 17.4. The number of aromatic nitrogens is 2. The molecule has 0 bridgehead atoms. The van der Waals surface area contributed by atoms with E-state index in [1.807, 2.05) is 11.8 Å². The Bertz CT molecular complexity index is 913. The van der Waals surface area contributed by atoms with E-state index in [0.29, 0.717) is 42.1 Å². The van der Waals surface area contributed by atoms with Crippen LogP contribution in [0, 0.1) is 5.92 Å². The van der Waals surface area contributed by atoms with Gasteiger partial charge in [0.2, 0.25) is 0 Å². The molecule has 1 aliphatic heterocycles. The molecule has 1 aliphatic rings. The van der Waals surface area contributed by atoms with E-state index in [9.17, 15) is 14.4 Å². The minimum Gasteiger partial charge on any atom is -0.338 e. The van der Waals surface area contributed by atoms with Crippen molar-refractivity contribution in [1.82, 2.24) is 14.5 Å². The lowest BCUT2D eigenvalue weighted by molar-refractivity contribution is 0.0661. The summed E-state index contributed by atoms with van der Waals surface area (Å²) in [6, 6.07) is 5.14. The summed E-state index contributed by atoms with van der Waals surface area (Å²) in [5.74, 6) is 0.241. The summed E-state index contributed by atoms with van der Waals surface area (Å²) in [6.45, 7) is 5.55. The van der Waals surface area contributed by atoms with Crippen molar-refractivity contribution in [3.63, 3.8) is 0 Å². The van der Waals surface area contributed by atoms with Crippen LogP contribution in [0.4, 0.5) is 0 Å². The van der Waals surface area contributed by atoms with E-state index in [4.69, 9.17) is 5.73 Å². The first-order chi connectivity index (χ1) is 11.9. The molecule has 1 fully saturated rings. The number of nitrogens with zero attached hydrogens (tertiary/aromatic N) is 2. The molecule has 1 amide bonds. The molecule has 1 saturated heterocycles. The van der Waals surface area contributed by atoms with E-state index in [0.717, 1.165) is 12.8 Å². The standard InChI is InChI=1S/C18H24N4O3/c1-3-22-15-7-6-12(9-14(15)20-16(23)18(22)25)17(24)21-8-4-5-13(10-21)11(2)19/h6-7,9,11,13H,3-5,8,10,19H2,1-2H3,(H,20,23). The van der Waals surface area contributed by atoms with Gasteiger partial charge in [-0.1, -0.05) is 0 Å². The van der Waals surface area contributed by atoms with Gasteiger partial charge in [-0.2, -0.15) is 0 Å². The Morgan fingerprint density at radius 2 is 2.16 bits per heavy atom. The maximum atomic E-state index is 12.8. The number of hydrogen-bond acceptors (Lipinski definition) is 4. The number of piperidine rings is 1. The number of hydrogen-bond donors (Lipinski definition) is 2. The number of amides is 1. The SMILES string of the molecule is CCn1c(=O)c(=O)[nH]c2cc(C(=O)N3CCCC(C(C)N)C3)ccc21. The van der Waals surface area contributed by atoms with Crippen molar-refractivity contribution >= 4 is 16.9 Å². The van der Waals surface area contributed by atoms with Crippen LogP contribution in [-0.4, -0.2) is 39.5 Å². The van der Waals surface area contributed by atoms with Crippen LogP contribution >= 0.6 is 0 Å². The monoisotopic (exact) mass is 344 g/mol. The minimum atomic E-state index is -0.672. The average molecular weight is 344 g/mol. The van der Waals surface area contributed by atoms with Gasteiger partial charge in [-0.3, -0.25) is 14.4 Å². The third kappa shape index (κ3) is 3.24. The maximum Gasteiger partial charge on any atom is 0.316 e. The van der Waals surface area contributed by atoms with Crippen LogP contribution in [0.5, 0.6) is 0 Å². The van der Waals surface area contributed by atoms with Crippen LogP contribution in [0.3, 0.4) is 0 Å². The zero-order valence-corrected chi connectivity index (χ0v) is 14.6. The van der Waals surface area contributed by atoms with E-state index in [2.05, 4.69) is 4.98 Å². The van der Waals surface area contributed by atoms with Crippen LogP contribution in [0.15, 0.2) is 27.8 Å². The van der Waals surface area contributed by atoms with Gasteiger partial charge in [-0.25, -0.2) is 0 Å². The molecule has 134 valence electrons. The van der Waals surface area contributed by atoms with E-state index < -0.39 is 11.1 Å². The van der Waals surface area contributed by atoms with Gasteiger partial charge < -0.3 is 20.2 Å². The van der Waals surface area contributed by atoms with Crippen LogP contribution in [0.1, 0.15) is 37.0 Å². The second-order valence-corrected chi connectivity index (χ2v) is 6.75. The predicted octanol–water partition coefficient (Wildman–Crippen LogP) is 0.909. The molecule has 0 saturated carbocycles. The largest absolute Gasteiger partial charge is 0.338 e. The Morgan fingerprint density at radius 1 is 1.40 bits per heavy atom. The van der Waals surface area contributed by atoms with Gasteiger partial charge >= 0.3 is 11.1 Å². The van der Waals surface area contributed by atoms with Crippen molar-refractivity contribution in [3.8, 4) is 0 Å². The van der Waals surface area contributed by atoms with Crippen LogP contribution in [-0.2, 0) is 6.54 Å².